The van der Waals surface area contributed by atoms with E-state index in [2.05, 4.69) is 6.58 Å². The first-order chi connectivity index (χ1) is 10.9. The summed E-state index contributed by atoms with van der Waals surface area (Å²) in [4.78, 5) is 21.4. The van der Waals surface area contributed by atoms with Gasteiger partial charge in [-0.1, -0.05) is 55.1 Å². The molecule has 0 aliphatic heterocycles. The lowest BCUT2D eigenvalue weighted by Crippen LogP contribution is -1.93. The second-order valence-corrected chi connectivity index (χ2v) is 4.78. The SMILES string of the molecule is C=C(C)C(=O)O.Nc1ccccc1/C=C/C(=O)c1ccccc1. The van der Waals surface area contributed by atoms with Crippen LogP contribution in [0.2, 0.25) is 0 Å². The topological polar surface area (TPSA) is 80.4 Å². The Kier molecular flexibility index (Phi) is 7.01. The molecule has 0 saturated heterocycles. The lowest BCUT2D eigenvalue weighted by Gasteiger charge is -1.98. The van der Waals surface area contributed by atoms with Crippen molar-refractivity contribution in [1.29, 1.82) is 0 Å². The summed E-state index contributed by atoms with van der Waals surface area (Å²) >= 11 is 0. The van der Waals surface area contributed by atoms with Gasteiger partial charge in [-0.2, -0.15) is 0 Å². The molecule has 4 nitrogen and oxygen atoms in total. The van der Waals surface area contributed by atoms with Crippen LogP contribution in [0.25, 0.3) is 6.08 Å². The minimum atomic E-state index is -0.935. The van der Waals surface area contributed by atoms with Crippen LogP contribution >= 0.6 is 0 Å². The van der Waals surface area contributed by atoms with Gasteiger partial charge in [0.2, 0.25) is 0 Å². The average Bonchev–Trinajstić information content (AvgIpc) is 2.55. The zero-order valence-electron chi connectivity index (χ0n) is 12.9. The molecule has 0 aromatic heterocycles. The van der Waals surface area contributed by atoms with E-state index >= 15 is 0 Å². The lowest BCUT2D eigenvalue weighted by molar-refractivity contribution is -0.132. The minimum Gasteiger partial charge on any atom is -0.478 e. The van der Waals surface area contributed by atoms with Crippen LogP contribution in [0.1, 0.15) is 22.8 Å². The number of carbonyl (C=O) groups excluding carboxylic acids is 1. The molecule has 2 rings (SSSR count). The second-order valence-electron chi connectivity index (χ2n) is 4.78. The lowest BCUT2D eigenvalue weighted by atomic mass is 10.1. The van der Waals surface area contributed by atoms with E-state index in [-0.39, 0.29) is 11.4 Å². The molecule has 0 amide bonds. The van der Waals surface area contributed by atoms with Gasteiger partial charge in [-0.3, -0.25) is 4.79 Å². The van der Waals surface area contributed by atoms with E-state index in [0.29, 0.717) is 11.3 Å². The number of nitrogen functional groups attached to an aromatic ring is 1. The third kappa shape index (κ3) is 6.44. The van der Waals surface area contributed by atoms with Gasteiger partial charge in [-0.15, -0.1) is 0 Å². The standard InChI is InChI=1S/C15H13NO.C4H6O2/c16-14-9-5-4-6-12(14)10-11-15(17)13-7-2-1-3-8-13;1-3(2)4(5)6/h1-11H,16H2;1H2,2H3,(H,5,6)/b11-10+;. The van der Waals surface area contributed by atoms with Gasteiger partial charge < -0.3 is 10.8 Å². The molecule has 23 heavy (non-hydrogen) atoms. The number of benzene rings is 2. The molecule has 2 aromatic carbocycles. The van der Waals surface area contributed by atoms with E-state index in [1.807, 2.05) is 42.5 Å². The third-order valence-electron chi connectivity index (χ3n) is 2.83. The monoisotopic (exact) mass is 309 g/mol. The minimum absolute atomic E-state index is 0.0196. The summed E-state index contributed by atoms with van der Waals surface area (Å²) < 4.78 is 0. The summed E-state index contributed by atoms with van der Waals surface area (Å²) in [5.74, 6) is -0.955. The molecule has 0 spiro atoms. The highest BCUT2D eigenvalue weighted by Gasteiger charge is 2.00. The molecule has 0 bridgehead atoms. The molecular formula is C19H19NO3. The number of carboxylic acid groups (broad SMARTS) is 1. The van der Waals surface area contributed by atoms with Gasteiger partial charge in [0.1, 0.15) is 0 Å². The zero-order valence-corrected chi connectivity index (χ0v) is 12.9. The number of allylic oxidation sites excluding steroid dienone is 1. The average molecular weight is 309 g/mol. The first-order valence-electron chi connectivity index (χ1n) is 6.92. The summed E-state index contributed by atoms with van der Waals surface area (Å²) in [5.41, 5.74) is 8.17. The van der Waals surface area contributed by atoms with Crippen LogP contribution in [0.15, 0.2) is 72.8 Å². The Labute approximate surface area is 135 Å². The van der Waals surface area contributed by atoms with Crippen LogP contribution in [0.5, 0.6) is 0 Å². The molecule has 0 saturated carbocycles. The van der Waals surface area contributed by atoms with Crippen LogP contribution in [-0.4, -0.2) is 16.9 Å². The zero-order chi connectivity index (χ0) is 17.2. The molecule has 0 aliphatic carbocycles. The number of para-hydroxylation sites is 1. The van der Waals surface area contributed by atoms with Crippen molar-refractivity contribution in [3.05, 3.63) is 84.0 Å². The number of hydrogen-bond acceptors (Lipinski definition) is 3. The van der Waals surface area contributed by atoms with Crippen molar-refractivity contribution < 1.29 is 14.7 Å². The predicted octanol–water partition coefficient (Wildman–Crippen LogP) is 3.81. The highest BCUT2D eigenvalue weighted by molar-refractivity contribution is 6.07. The van der Waals surface area contributed by atoms with Gasteiger partial charge in [0.05, 0.1) is 0 Å². The number of hydrogen-bond donors (Lipinski definition) is 2. The molecule has 3 N–H and O–H groups in total. The highest BCUT2D eigenvalue weighted by atomic mass is 16.4. The molecule has 0 fully saturated rings. The number of carboxylic acids is 1. The maximum atomic E-state index is 11.8. The van der Waals surface area contributed by atoms with E-state index in [4.69, 9.17) is 10.8 Å². The Balaban J connectivity index is 0.000000379. The quantitative estimate of drug-likeness (QED) is 0.511. The van der Waals surface area contributed by atoms with Crippen LogP contribution in [-0.2, 0) is 4.79 Å². The molecule has 2 aromatic rings. The second kappa shape index (κ2) is 9.00. The van der Waals surface area contributed by atoms with Gasteiger partial charge >= 0.3 is 5.97 Å². The van der Waals surface area contributed by atoms with E-state index in [9.17, 15) is 9.59 Å². The van der Waals surface area contributed by atoms with Crippen LogP contribution in [0.4, 0.5) is 5.69 Å². The van der Waals surface area contributed by atoms with Crippen molar-refractivity contribution in [2.45, 2.75) is 6.92 Å². The van der Waals surface area contributed by atoms with Crippen LogP contribution in [0, 0.1) is 0 Å². The predicted molar refractivity (Wildman–Crippen MR) is 93.1 cm³/mol. The number of nitrogens with two attached hydrogens (primary N) is 1. The largest absolute Gasteiger partial charge is 0.478 e. The van der Waals surface area contributed by atoms with E-state index in [0.717, 1.165) is 5.56 Å². The summed E-state index contributed by atoms with van der Waals surface area (Å²) in [7, 11) is 0. The van der Waals surface area contributed by atoms with Crippen molar-refractivity contribution >= 4 is 23.5 Å². The van der Waals surface area contributed by atoms with Gasteiger partial charge in [0.15, 0.2) is 5.78 Å². The Hall–Kier alpha value is -3.14. The van der Waals surface area contributed by atoms with Crippen molar-refractivity contribution in [1.82, 2.24) is 0 Å². The summed E-state index contributed by atoms with van der Waals surface area (Å²) in [6.45, 7) is 4.60. The fraction of sp³-hybridized carbons (Fsp3) is 0.0526. The normalized spacial score (nSPS) is 9.78. The Bertz CT molecular complexity index is 706. The summed E-state index contributed by atoms with van der Waals surface area (Å²) in [6, 6.07) is 16.6. The van der Waals surface area contributed by atoms with E-state index < -0.39 is 5.97 Å². The van der Waals surface area contributed by atoms with Crippen LogP contribution < -0.4 is 5.73 Å². The molecule has 0 heterocycles. The molecule has 0 radical (unpaired) electrons. The third-order valence-corrected chi connectivity index (χ3v) is 2.83. The molecular weight excluding hydrogens is 290 g/mol. The number of rotatable bonds is 4. The number of aliphatic carboxylic acids is 1. The highest BCUT2D eigenvalue weighted by Crippen LogP contribution is 2.13. The summed E-state index contributed by atoms with van der Waals surface area (Å²) in [6.07, 6.45) is 3.28. The Morgan fingerprint density at radius 3 is 2.09 bits per heavy atom. The first-order valence-corrected chi connectivity index (χ1v) is 6.92. The molecule has 118 valence electrons. The fourth-order valence-corrected chi connectivity index (χ4v) is 1.53. The maximum Gasteiger partial charge on any atom is 0.330 e. The van der Waals surface area contributed by atoms with E-state index in [1.54, 1.807) is 24.3 Å². The van der Waals surface area contributed by atoms with Gasteiger partial charge in [0, 0.05) is 16.8 Å². The Morgan fingerprint density at radius 2 is 1.57 bits per heavy atom. The molecule has 4 heteroatoms. The smallest absolute Gasteiger partial charge is 0.330 e. The Morgan fingerprint density at radius 1 is 1.04 bits per heavy atom. The van der Waals surface area contributed by atoms with Crippen molar-refractivity contribution in [3.8, 4) is 0 Å². The van der Waals surface area contributed by atoms with Gasteiger partial charge in [0.25, 0.3) is 0 Å². The fourth-order valence-electron chi connectivity index (χ4n) is 1.53. The number of ketones is 1. The summed E-state index contributed by atoms with van der Waals surface area (Å²) in [5, 5.41) is 7.89. The maximum absolute atomic E-state index is 11.8. The molecule has 0 atom stereocenters. The first kappa shape index (κ1) is 17.9. The van der Waals surface area contributed by atoms with Gasteiger partial charge in [-0.05, 0) is 30.7 Å². The van der Waals surface area contributed by atoms with Crippen molar-refractivity contribution in [2.24, 2.45) is 0 Å². The van der Waals surface area contributed by atoms with Crippen LogP contribution in [0.3, 0.4) is 0 Å². The van der Waals surface area contributed by atoms with E-state index in [1.165, 1.54) is 6.92 Å². The van der Waals surface area contributed by atoms with Crippen molar-refractivity contribution in [3.63, 3.8) is 0 Å². The number of anilines is 1. The molecule has 0 unspecified atom stereocenters. The number of carbonyl (C=O) groups is 2. The molecule has 0 aliphatic rings. The van der Waals surface area contributed by atoms with Gasteiger partial charge in [-0.25, -0.2) is 4.79 Å². The van der Waals surface area contributed by atoms with Crippen molar-refractivity contribution in [2.75, 3.05) is 5.73 Å².